The highest BCUT2D eigenvalue weighted by atomic mass is 16.5. The van der Waals surface area contributed by atoms with Gasteiger partial charge in [0, 0.05) is 50.5 Å². The van der Waals surface area contributed by atoms with Gasteiger partial charge in [0.15, 0.2) is 0 Å². The van der Waals surface area contributed by atoms with Crippen molar-refractivity contribution in [1.82, 2.24) is 10.2 Å². The molecule has 26 heavy (non-hydrogen) atoms. The number of nitrogens with one attached hydrogen (secondary N) is 1. The minimum absolute atomic E-state index is 0.0350. The summed E-state index contributed by atoms with van der Waals surface area (Å²) in [7, 11) is 1.66. The molecule has 0 aliphatic carbocycles. The van der Waals surface area contributed by atoms with E-state index in [4.69, 9.17) is 4.74 Å². The maximum Gasteiger partial charge on any atom is 0.251 e. The Kier molecular flexibility index (Phi) is 6.54. The third-order valence-corrected chi connectivity index (χ3v) is 5.76. The highest BCUT2D eigenvalue weighted by molar-refractivity contribution is 5.94. The van der Waals surface area contributed by atoms with Crippen LogP contribution in [0.4, 0.5) is 5.69 Å². The van der Waals surface area contributed by atoms with Gasteiger partial charge in [0.1, 0.15) is 0 Å². The zero-order valence-corrected chi connectivity index (χ0v) is 16.4. The van der Waals surface area contributed by atoms with E-state index in [1.165, 1.54) is 31.6 Å². The highest BCUT2D eigenvalue weighted by Gasteiger charge is 2.26. The molecule has 0 unspecified atom stereocenters. The molecule has 0 saturated carbocycles. The van der Waals surface area contributed by atoms with Crippen LogP contribution in [0.1, 0.15) is 49.9 Å². The molecule has 1 aromatic carbocycles. The maximum atomic E-state index is 11.6. The standard InChI is InChI=1S/C21H33N3O2/c1-16(2)23-12-8-19(9-13-23)26-20-10-14-24(15-11-20)18-6-4-17(5-7-18)21(25)22-3/h4-7,16,19-20H,8-15H2,1-3H3,(H,22,25). The lowest BCUT2D eigenvalue weighted by Crippen LogP contribution is -2.43. The molecule has 0 atom stereocenters. The second kappa shape index (κ2) is 8.87. The lowest BCUT2D eigenvalue weighted by atomic mass is 10.0. The third kappa shape index (κ3) is 4.77. The molecule has 2 heterocycles. The summed E-state index contributed by atoms with van der Waals surface area (Å²) in [6, 6.07) is 8.55. The van der Waals surface area contributed by atoms with E-state index in [0.717, 1.165) is 25.9 Å². The molecule has 1 aromatic rings. The van der Waals surface area contributed by atoms with Gasteiger partial charge in [-0.25, -0.2) is 0 Å². The van der Waals surface area contributed by atoms with Gasteiger partial charge in [0.05, 0.1) is 12.2 Å². The third-order valence-electron chi connectivity index (χ3n) is 5.76. The fourth-order valence-electron chi connectivity index (χ4n) is 4.02. The highest BCUT2D eigenvalue weighted by Crippen LogP contribution is 2.25. The number of rotatable bonds is 5. The normalized spacial score (nSPS) is 20.5. The molecule has 0 radical (unpaired) electrons. The van der Waals surface area contributed by atoms with E-state index < -0.39 is 0 Å². The average molecular weight is 360 g/mol. The number of hydrogen-bond donors (Lipinski definition) is 1. The molecule has 0 bridgehead atoms. The second-order valence-corrected chi connectivity index (χ2v) is 7.78. The van der Waals surface area contributed by atoms with E-state index in [9.17, 15) is 4.79 Å². The van der Waals surface area contributed by atoms with Gasteiger partial charge >= 0.3 is 0 Å². The first-order chi connectivity index (χ1) is 12.6. The number of piperidine rings is 2. The molecule has 1 N–H and O–H groups in total. The molecule has 5 heteroatoms. The number of carbonyl (C=O) groups excluding carboxylic acids is 1. The topological polar surface area (TPSA) is 44.8 Å². The van der Waals surface area contributed by atoms with Gasteiger partial charge in [0.2, 0.25) is 0 Å². The lowest BCUT2D eigenvalue weighted by molar-refractivity contribution is -0.0540. The minimum atomic E-state index is -0.0350. The van der Waals surface area contributed by atoms with Crippen molar-refractivity contribution in [3.63, 3.8) is 0 Å². The number of benzene rings is 1. The predicted molar refractivity (Wildman–Crippen MR) is 106 cm³/mol. The summed E-state index contributed by atoms with van der Waals surface area (Å²) in [5.41, 5.74) is 1.91. The molecule has 2 aliphatic rings. The van der Waals surface area contributed by atoms with Crippen molar-refractivity contribution in [2.24, 2.45) is 0 Å². The van der Waals surface area contributed by atoms with Crippen LogP contribution < -0.4 is 10.2 Å². The number of amides is 1. The Labute approximate surface area is 157 Å². The molecule has 3 rings (SSSR count). The van der Waals surface area contributed by atoms with Crippen molar-refractivity contribution in [2.75, 3.05) is 38.1 Å². The van der Waals surface area contributed by atoms with Crippen molar-refractivity contribution >= 4 is 11.6 Å². The first-order valence-electron chi connectivity index (χ1n) is 10.0. The summed E-state index contributed by atoms with van der Waals surface area (Å²) in [6.45, 7) is 8.93. The average Bonchev–Trinajstić information content (AvgIpc) is 2.68. The fraction of sp³-hybridized carbons (Fsp3) is 0.667. The van der Waals surface area contributed by atoms with Crippen LogP contribution in [0.2, 0.25) is 0 Å². The second-order valence-electron chi connectivity index (χ2n) is 7.78. The summed E-state index contributed by atoms with van der Waals surface area (Å²) < 4.78 is 6.40. The maximum absolute atomic E-state index is 11.6. The van der Waals surface area contributed by atoms with Crippen LogP contribution in [-0.4, -0.2) is 62.3 Å². The van der Waals surface area contributed by atoms with Crippen LogP contribution in [0.25, 0.3) is 0 Å². The Bertz CT molecular complexity index is 571. The van der Waals surface area contributed by atoms with Gasteiger partial charge < -0.3 is 19.9 Å². The first kappa shape index (κ1) is 19.2. The Morgan fingerprint density at radius 1 is 1.00 bits per heavy atom. The molecular formula is C21H33N3O2. The van der Waals surface area contributed by atoms with Gasteiger partial charge in [-0.2, -0.15) is 0 Å². The molecule has 1 amide bonds. The zero-order chi connectivity index (χ0) is 18.5. The van der Waals surface area contributed by atoms with Crippen molar-refractivity contribution in [3.05, 3.63) is 29.8 Å². The molecule has 2 saturated heterocycles. The van der Waals surface area contributed by atoms with Gasteiger partial charge in [-0.1, -0.05) is 0 Å². The summed E-state index contributed by atoms with van der Waals surface area (Å²) in [5.74, 6) is -0.0350. The number of likely N-dealkylation sites (tertiary alicyclic amines) is 1. The zero-order valence-electron chi connectivity index (χ0n) is 16.4. The monoisotopic (exact) mass is 359 g/mol. The summed E-state index contributed by atoms with van der Waals surface area (Å²) in [6.07, 6.45) is 5.34. The van der Waals surface area contributed by atoms with Gasteiger partial charge in [-0.3, -0.25) is 4.79 Å². The van der Waals surface area contributed by atoms with Gasteiger partial charge in [0.25, 0.3) is 5.91 Å². The number of ether oxygens (including phenoxy) is 1. The largest absolute Gasteiger partial charge is 0.375 e. The van der Waals surface area contributed by atoms with Crippen LogP contribution in [0.3, 0.4) is 0 Å². The predicted octanol–water partition coefficient (Wildman–Crippen LogP) is 2.90. The van der Waals surface area contributed by atoms with Crippen molar-refractivity contribution in [3.8, 4) is 0 Å². The Morgan fingerprint density at radius 3 is 2.04 bits per heavy atom. The van der Waals surface area contributed by atoms with Gasteiger partial charge in [-0.15, -0.1) is 0 Å². The van der Waals surface area contributed by atoms with Crippen molar-refractivity contribution < 1.29 is 9.53 Å². The molecule has 0 aromatic heterocycles. The van der Waals surface area contributed by atoms with Crippen LogP contribution in [0, 0.1) is 0 Å². The van der Waals surface area contributed by atoms with E-state index in [1.54, 1.807) is 7.05 Å². The molecule has 0 spiro atoms. The number of nitrogens with zero attached hydrogens (tertiary/aromatic N) is 2. The van der Waals surface area contributed by atoms with E-state index >= 15 is 0 Å². The smallest absolute Gasteiger partial charge is 0.251 e. The summed E-state index contributed by atoms with van der Waals surface area (Å²) in [5, 5.41) is 2.66. The molecular weight excluding hydrogens is 326 g/mol. The van der Waals surface area contributed by atoms with E-state index in [-0.39, 0.29) is 5.91 Å². The SMILES string of the molecule is CNC(=O)c1ccc(N2CCC(OC3CCN(C(C)C)CC3)CC2)cc1. The summed E-state index contributed by atoms with van der Waals surface area (Å²) in [4.78, 5) is 16.6. The lowest BCUT2D eigenvalue weighted by Gasteiger charge is -2.38. The number of carbonyl (C=O) groups is 1. The fourth-order valence-corrected chi connectivity index (χ4v) is 4.02. The Hall–Kier alpha value is -1.59. The van der Waals surface area contributed by atoms with E-state index in [1.807, 2.05) is 24.3 Å². The number of hydrogen-bond acceptors (Lipinski definition) is 4. The van der Waals surface area contributed by atoms with Crippen LogP contribution in [0.15, 0.2) is 24.3 Å². The molecule has 2 fully saturated rings. The quantitative estimate of drug-likeness (QED) is 0.878. The Morgan fingerprint density at radius 2 is 1.54 bits per heavy atom. The van der Waals surface area contributed by atoms with Crippen LogP contribution >= 0.6 is 0 Å². The van der Waals surface area contributed by atoms with E-state index in [2.05, 4.69) is 29.0 Å². The molecule has 5 nitrogen and oxygen atoms in total. The van der Waals surface area contributed by atoms with Crippen molar-refractivity contribution in [1.29, 1.82) is 0 Å². The summed E-state index contributed by atoms with van der Waals surface area (Å²) >= 11 is 0. The first-order valence-corrected chi connectivity index (χ1v) is 10.0. The van der Waals surface area contributed by atoms with Crippen molar-refractivity contribution in [2.45, 2.75) is 57.8 Å². The molecule has 144 valence electrons. The van der Waals surface area contributed by atoms with Crippen LogP contribution in [0.5, 0.6) is 0 Å². The molecule has 2 aliphatic heterocycles. The minimum Gasteiger partial charge on any atom is -0.375 e. The van der Waals surface area contributed by atoms with Crippen LogP contribution in [-0.2, 0) is 4.74 Å². The van der Waals surface area contributed by atoms with E-state index in [0.29, 0.717) is 23.8 Å². The Balaban J connectivity index is 1.44. The number of anilines is 1. The van der Waals surface area contributed by atoms with Gasteiger partial charge in [-0.05, 0) is 63.8 Å².